The van der Waals surface area contributed by atoms with E-state index < -0.39 is 6.10 Å². The molecule has 1 aromatic heterocycles. The van der Waals surface area contributed by atoms with E-state index in [2.05, 4.69) is 4.98 Å². The van der Waals surface area contributed by atoms with Gasteiger partial charge in [-0.05, 0) is 23.3 Å². The van der Waals surface area contributed by atoms with Gasteiger partial charge in [0.05, 0.1) is 31.1 Å². The summed E-state index contributed by atoms with van der Waals surface area (Å²) in [5, 5.41) is 20.7. The van der Waals surface area contributed by atoms with E-state index in [0.29, 0.717) is 23.1 Å². The molecule has 2 N–H and O–H groups in total. The summed E-state index contributed by atoms with van der Waals surface area (Å²) in [4.78, 5) is 4.33. The van der Waals surface area contributed by atoms with Crippen LogP contribution in [0.3, 0.4) is 0 Å². The molecule has 0 spiro atoms. The van der Waals surface area contributed by atoms with Crippen molar-refractivity contribution in [3.05, 3.63) is 83.4 Å². The van der Waals surface area contributed by atoms with Crippen LogP contribution in [0.1, 0.15) is 22.9 Å². The number of benzene rings is 2. The van der Waals surface area contributed by atoms with Crippen molar-refractivity contribution in [2.24, 2.45) is 0 Å². The predicted molar refractivity (Wildman–Crippen MR) is 95.5 cm³/mol. The van der Waals surface area contributed by atoms with Crippen LogP contribution in [0.4, 0.5) is 4.39 Å². The Kier molecular flexibility index (Phi) is 5.86. The molecule has 3 rings (SSSR count). The lowest BCUT2D eigenvalue weighted by molar-refractivity contribution is 0.148. The Morgan fingerprint density at radius 2 is 1.92 bits per heavy atom. The first-order chi connectivity index (χ1) is 12.2. The molecule has 0 bridgehead atoms. The van der Waals surface area contributed by atoms with Crippen molar-refractivity contribution < 1.29 is 14.6 Å². The lowest BCUT2D eigenvalue weighted by atomic mass is 10.1. The van der Waals surface area contributed by atoms with E-state index in [1.54, 1.807) is 12.3 Å². The minimum Gasteiger partial charge on any atom is -0.390 e. The third-order valence-corrected chi connectivity index (χ3v) is 4.92. The highest BCUT2D eigenvalue weighted by atomic mass is 32.2. The molecule has 6 heteroatoms. The lowest BCUT2D eigenvalue weighted by Crippen LogP contribution is -2.12. The van der Waals surface area contributed by atoms with Crippen molar-refractivity contribution in [2.45, 2.75) is 30.2 Å². The maximum absolute atomic E-state index is 13.3. The number of imidazole rings is 1. The van der Waals surface area contributed by atoms with Crippen LogP contribution in [-0.4, -0.2) is 19.8 Å². The van der Waals surface area contributed by atoms with E-state index in [1.807, 2.05) is 41.0 Å². The van der Waals surface area contributed by atoms with Crippen LogP contribution < -0.4 is 0 Å². The average Bonchev–Trinajstić information content (AvgIpc) is 3.02. The predicted octanol–water partition coefficient (Wildman–Crippen LogP) is 3.54. The van der Waals surface area contributed by atoms with Gasteiger partial charge in [-0.3, -0.25) is 0 Å². The first-order valence-corrected chi connectivity index (χ1v) is 8.91. The zero-order valence-corrected chi connectivity index (χ0v) is 14.4. The first kappa shape index (κ1) is 17.7. The van der Waals surface area contributed by atoms with E-state index in [1.165, 1.54) is 23.9 Å². The number of nitrogens with zero attached hydrogens (tertiary/aromatic N) is 2. The van der Waals surface area contributed by atoms with Gasteiger partial charge in [0.25, 0.3) is 0 Å². The molecule has 0 saturated heterocycles. The van der Waals surface area contributed by atoms with E-state index in [9.17, 15) is 14.6 Å². The lowest BCUT2D eigenvalue weighted by Gasteiger charge is -2.16. The van der Waals surface area contributed by atoms with Crippen LogP contribution in [0.25, 0.3) is 0 Å². The Balaban J connectivity index is 1.75. The number of aromatic nitrogens is 2. The quantitative estimate of drug-likeness (QED) is 0.634. The van der Waals surface area contributed by atoms with Gasteiger partial charge in [0.1, 0.15) is 5.82 Å². The first-order valence-electron chi connectivity index (χ1n) is 7.93. The highest BCUT2D eigenvalue weighted by molar-refractivity contribution is 7.98. The van der Waals surface area contributed by atoms with Gasteiger partial charge in [0, 0.05) is 5.75 Å². The monoisotopic (exact) mass is 358 g/mol. The number of aliphatic hydroxyl groups is 2. The number of rotatable bonds is 7. The number of hydrogen-bond acceptors (Lipinski definition) is 4. The van der Waals surface area contributed by atoms with Crippen LogP contribution in [-0.2, 0) is 18.9 Å². The molecule has 1 atom stereocenters. The summed E-state index contributed by atoms with van der Waals surface area (Å²) >= 11 is 1.45. The van der Waals surface area contributed by atoms with Gasteiger partial charge in [-0.2, -0.15) is 0 Å². The molecule has 25 heavy (non-hydrogen) atoms. The molecule has 3 aromatic rings. The van der Waals surface area contributed by atoms with Crippen molar-refractivity contribution in [1.29, 1.82) is 0 Å². The maximum Gasteiger partial charge on any atom is 0.168 e. The normalized spacial score (nSPS) is 12.3. The third kappa shape index (κ3) is 4.48. The van der Waals surface area contributed by atoms with Crippen LogP contribution in [0, 0.1) is 5.82 Å². The number of thioether (sulfide) groups is 1. The fourth-order valence-corrected chi connectivity index (χ4v) is 3.51. The van der Waals surface area contributed by atoms with Crippen molar-refractivity contribution in [3.8, 4) is 0 Å². The summed E-state index contributed by atoms with van der Waals surface area (Å²) in [5.41, 5.74) is 2.30. The average molecular weight is 358 g/mol. The van der Waals surface area contributed by atoms with E-state index in [0.717, 1.165) is 11.1 Å². The Hall–Kier alpha value is -2.15. The van der Waals surface area contributed by atoms with Gasteiger partial charge in [0.2, 0.25) is 0 Å². The minimum atomic E-state index is -0.700. The van der Waals surface area contributed by atoms with Crippen molar-refractivity contribution >= 4 is 11.8 Å². The van der Waals surface area contributed by atoms with Gasteiger partial charge in [-0.15, -0.1) is 0 Å². The van der Waals surface area contributed by atoms with E-state index in [4.69, 9.17) is 0 Å². The molecule has 0 amide bonds. The molecule has 0 aliphatic heterocycles. The van der Waals surface area contributed by atoms with Crippen molar-refractivity contribution in [3.63, 3.8) is 0 Å². The molecule has 0 unspecified atom stereocenters. The van der Waals surface area contributed by atoms with Crippen LogP contribution in [0.2, 0.25) is 0 Å². The van der Waals surface area contributed by atoms with Gasteiger partial charge in [-0.1, -0.05) is 54.2 Å². The van der Waals surface area contributed by atoms with E-state index >= 15 is 0 Å². The van der Waals surface area contributed by atoms with Gasteiger partial charge in [-0.25, -0.2) is 9.37 Å². The summed E-state index contributed by atoms with van der Waals surface area (Å²) in [5.74, 6) is 0.290. The highest BCUT2D eigenvalue weighted by Gasteiger charge is 2.15. The fraction of sp³-hybridized carbons (Fsp3) is 0.211. The standard InChI is InChI=1S/C19H19FN2O2S/c20-16-8-4-5-14(9-16)13-25-19-21-10-17(12-23)22(19)11-18(24)15-6-2-1-3-7-15/h1-10,18,23-24H,11-13H2/t18-/m1/s1. The zero-order chi connectivity index (χ0) is 17.6. The molecule has 0 fully saturated rings. The third-order valence-electron chi connectivity index (χ3n) is 3.86. The highest BCUT2D eigenvalue weighted by Crippen LogP contribution is 2.26. The largest absolute Gasteiger partial charge is 0.390 e. The summed E-state index contributed by atoms with van der Waals surface area (Å²) < 4.78 is 15.1. The van der Waals surface area contributed by atoms with Gasteiger partial charge < -0.3 is 14.8 Å². The summed E-state index contributed by atoms with van der Waals surface area (Å²) in [7, 11) is 0. The molecule has 0 aliphatic rings. The van der Waals surface area contributed by atoms with Gasteiger partial charge in [0.15, 0.2) is 5.16 Å². The number of aliphatic hydroxyl groups excluding tert-OH is 2. The topological polar surface area (TPSA) is 58.3 Å². The maximum atomic E-state index is 13.3. The molecule has 130 valence electrons. The minimum absolute atomic E-state index is 0.158. The van der Waals surface area contributed by atoms with Crippen LogP contribution in [0.15, 0.2) is 66.0 Å². The smallest absolute Gasteiger partial charge is 0.168 e. The summed E-state index contributed by atoms with van der Waals surface area (Å²) in [6, 6.07) is 15.8. The van der Waals surface area contributed by atoms with Crippen molar-refractivity contribution in [2.75, 3.05) is 0 Å². The molecule has 2 aromatic carbocycles. The number of halogens is 1. The summed E-state index contributed by atoms with van der Waals surface area (Å²) in [6.07, 6.45) is 0.903. The molecule has 1 heterocycles. The number of hydrogen-bond donors (Lipinski definition) is 2. The zero-order valence-electron chi connectivity index (χ0n) is 13.5. The summed E-state index contributed by atoms with van der Waals surface area (Å²) in [6.45, 7) is 0.139. The molecular formula is C19H19FN2O2S. The van der Waals surface area contributed by atoms with Crippen LogP contribution in [0.5, 0.6) is 0 Å². The Morgan fingerprint density at radius 1 is 1.12 bits per heavy atom. The van der Waals surface area contributed by atoms with E-state index in [-0.39, 0.29) is 12.4 Å². The molecule has 0 aliphatic carbocycles. The fourth-order valence-electron chi connectivity index (χ4n) is 2.56. The second-order valence-electron chi connectivity index (χ2n) is 5.65. The Labute approximate surface area is 150 Å². The Morgan fingerprint density at radius 3 is 2.64 bits per heavy atom. The Bertz CT molecular complexity index is 823. The molecule has 4 nitrogen and oxygen atoms in total. The van der Waals surface area contributed by atoms with Crippen molar-refractivity contribution in [1.82, 2.24) is 9.55 Å². The van der Waals surface area contributed by atoms with Gasteiger partial charge >= 0.3 is 0 Å². The molecule has 0 radical (unpaired) electrons. The van der Waals surface area contributed by atoms with Crippen LogP contribution >= 0.6 is 11.8 Å². The second-order valence-corrected chi connectivity index (χ2v) is 6.59. The second kappa shape index (κ2) is 8.29. The SMILES string of the molecule is OCc1cnc(SCc2cccc(F)c2)n1C[C@@H](O)c1ccccc1. The molecular weight excluding hydrogens is 339 g/mol. The molecule has 0 saturated carbocycles.